The number of urea groups is 1. The molecule has 2 unspecified atom stereocenters. The van der Waals surface area contributed by atoms with Crippen LogP contribution in [-0.2, 0) is 4.79 Å². The second kappa shape index (κ2) is 4.09. The Balaban J connectivity index is 1.59. The third-order valence-corrected chi connectivity index (χ3v) is 5.46. The highest BCUT2D eigenvalue weighted by atomic mass is 16.2. The Kier molecular flexibility index (Phi) is 2.27. The predicted octanol–water partition coefficient (Wildman–Crippen LogP) is 3.16. The molecule has 2 bridgehead atoms. The minimum atomic E-state index is -0.210. The van der Waals surface area contributed by atoms with E-state index in [1.807, 2.05) is 47.4 Å². The summed E-state index contributed by atoms with van der Waals surface area (Å²) >= 11 is 0. The zero-order valence-electron chi connectivity index (χ0n) is 12.1. The van der Waals surface area contributed by atoms with Gasteiger partial charge in [-0.05, 0) is 48.1 Å². The Labute approximate surface area is 128 Å². The minimum Gasteiger partial charge on any atom is -0.309 e. The van der Waals surface area contributed by atoms with Crippen LogP contribution in [0, 0.1) is 5.92 Å². The van der Waals surface area contributed by atoms with Crippen molar-refractivity contribution in [1.82, 2.24) is 4.90 Å². The molecule has 2 aromatic carbocycles. The van der Waals surface area contributed by atoms with E-state index in [0.717, 1.165) is 30.0 Å². The first-order chi connectivity index (χ1) is 10.7. The molecule has 2 heterocycles. The van der Waals surface area contributed by atoms with Gasteiger partial charge in [-0.1, -0.05) is 30.3 Å². The lowest BCUT2D eigenvalue weighted by molar-refractivity contribution is -0.120. The van der Waals surface area contributed by atoms with Gasteiger partial charge in [0.15, 0.2) is 0 Å². The van der Waals surface area contributed by atoms with E-state index in [-0.39, 0.29) is 24.0 Å². The first kappa shape index (κ1) is 12.2. The van der Waals surface area contributed by atoms with Gasteiger partial charge in [0, 0.05) is 6.04 Å². The van der Waals surface area contributed by atoms with Crippen molar-refractivity contribution in [1.29, 1.82) is 0 Å². The average molecular weight is 292 g/mol. The maximum Gasteiger partial charge on any atom is 0.332 e. The highest BCUT2D eigenvalue weighted by molar-refractivity contribution is 6.22. The Morgan fingerprint density at radius 3 is 2.59 bits per heavy atom. The first-order valence-corrected chi connectivity index (χ1v) is 7.89. The summed E-state index contributed by atoms with van der Waals surface area (Å²) in [6.07, 6.45) is 3.13. The molecule has 0 radical (unpaired) electrons. The number of benzene rings is 2. The maximum absolute atomic E-state index is 12.8. The Morgan fingerprint density at radius 2 is 1.77 bits per heavy atom. The minimum absolute atomic E-state index is 0.0347. The smallest absolute Gasteiger partial charge is 0.309 e. The summed E-state index contributed by atoms with van der Waals surface area (Å²) in [4.78, 5) is 28.8. The lowest BCUT2D eigenvalue weighted by Crippen LogP contribution is -2.40. The molecule has 22 heavy (non-hydrogen) atoms. The summed E-state index contributed by atoms with van der Waals surface area (Å²) in [6, 6.07) is 13.7. The van der Waals surface area contributed by atoms with Crippen molar-refractivity contribution in [2.24, 2.45) is 5.92 Å². The van der Waals surface area contributed by atoms with Gasteiger partial charge in [-0.25, -0.2) is 9.69 Å². The molecule has 2 aromatic rings. The van der Waals surface area contributed by atoms with Gasteiger partial charge in [0.25, 0.3) is 5.91 Å². The average Bonchev–Trinajstić information content (AvgIpc) is 3.21. The van der Waals surface area contributed by atoms with Crippen molar-refractivity contribution in [3.63, 3.8) is 0 Å². The third-order valence-electron chi connectivity index (χ3n) is 5.46. The summed E-state index contributed by atoms with van der Waals surface area (Å²) in [5, 5.41) is 2.17. The van der Waals surface area contributed by atoms with Crippen LogP contribution >= 0.6 is 0 Å². The van der Waals surface area contributed by atoms with Crippen LogP contribution in [0.1, 0.15) is 19.3 Å². The second-order valence-corrected chi connectivity index (χ2v) is 6.57. The number of anilines is 1. The number of fused-ring (bicyclic) bond motifs is 6. The van der Waals surface area contributed by atoms with E-state index in [1.165, 1.54) is 4.90 Å². The molecule has 0 spiro atoms. The largest absolute Gasteiger partial charge is 0.332 e. The number of carbonyl (C=O) groups is 2. The zero-order valence-corrected chi connectivity index (χ0v) is 12.1. The van der Waals surface area contributed by atoms with Gasteiger partial charge in [-0.15, -0.1) is 0 Å². The van der Waals surface area contributed by atoms with Crippen LogP contribution < -0.4 is 4.90 Å². The zero-order chi connectivity index (χ0) is 14.8. The normalized spacial score (nSPS) is 29.7. The fraction of sp³-hybridized carbons (Fsp3) is 0.333. The quantitative estimate of drug-likeness (QED) is 0.758. The van der Waals surface area contributed by atoms with E-state index in [9.17, 15) is 9.59 Å². The van der Waals surface area contributed by atoms with Crippen LogP contribution in [0.2, 0.25) is 0 Å². The number of hydrogen-bond donors (Lipinski definition) is 0. The highest BCUT2D eigenvalue weighted by Crippen LogP contribution is 2.47. The molecule has 3 fully saturated rings. The fourth-order valence-electron chi connectivity index (χ4n) is 4.48. The van der Waals surface area contributed by atoms with Crippen molar-refractivity contribution in [3.05, 3.63) is 42.5 Å². The molecule has 4 nitrogen and oxygen atoms in total. The monoisotopic (exact) mass is 292 g/mol. The molecule has 0 aromatic heterocycles. The second-order valence-electron chi connectivity index (χ2n) is 6.57. The Hall–Kier alpha value is -2.36. The predicted molar refractivity (Wildman–Crippen MR) is 83.6 cm³/mol. The molecule has 110 valence electrons. The third kappa shape index (κ3) is 1.42. The highest BCUT2D eigenvalue weighted by Gasteiger charge is 2.59. The number of hydrogen-bond acceptors (Lipinski definition) is 2. The van der Waals surface area contributed by atoms with Crippen LogP contribution in [0.25, 0.3) is 10.8 Å². The molecule has 3 aliphatic rings. The molecule has 1 aliphatic carbocycles. The lowest BCUT2D eigenvalue weighted by Gasteiger charge is -2.25. The number of imide groups is 1. The van der Waals surface area contributed by atoms with Crippen molar-refractivity contribution in [3.8, 4) is 0 Å². The van der Waals surface area contributed by atoms with Crippen LogP contribution in [0.4, 0.5) is 10.5 Å². The molecule has 0 N–H and O–H groups in total. The molecular weight excluding hydrogens is 276 g/mol. The van der Waals surface area contributed by atoms with Gasteiger partial charge >= 0.3 is 6.03 Å². The van der Waals surface area contributed by atoms with Crippen LogP contribution in [0.3, 0.4) is 0 Å². The number of carbonyl (C=O) groups excluding carboxylic acids is 2. The molecule has 2 aliphatic heterocycles. The molecular formula is C18H16N2O2. The van der Waals surface area contributed by atoms with Gasteiger partial charge < -0.3 is 4.90 Å². The summed E-state index contributed by atoms with van der Waals surface area (Å²) in [6.45, 7) is 0. The Bertz CT molecular complexity index is 788. The van der Waals surface area contributed by atoms with Crippen molar-refractivity contribution in [2.75, 3.05) is 4.90 Å². The number of amides is 3. The van der Waals surface area contributed by atoms with Gasteiger partial charge in [0.2, 0.25) is 0 Å². The van der Waals surface area contributed by atoms with Gasteiger partial charge in [-0.2, -0.15) is 0 Å². The van der Waals surface area contributed by atoms with Crippen molar-refractivity contribution in [2.45, 2.75) is 31.3 Å². The van der Waals surface area contributed by atoms with E-state index in [0.29, 0.717) is 11.6 Å². The first-order valence-electron chi connectivity index (χ1n) is 7.89. The number of rotatable bonds is 1. The summed E-state index contributed by atoms with van der Waals surface area (Å²) < 4.78 is 0. The van der Waals surface area contributed by atoms with Gasteiger partial charge in [0.1, 0.15) is 6.04 Å². The summed E-state index contributed by atoms with van der Waals surface area (Å²) in [5.41, 5.74) is 0.697. The fourth-order valence-corrected chi connectivity index (χ4v) is 4.48. The topological polar surface area (TPSA) is 40.6 Å². The van der Waals surface area contributed by atoms with Crippen LogP contribution in [-0.4, -0.2) is 28.9 Å². The number of piperidine rings is 1. The van der Waals surface area contributed by atoms with E-state index in [2.05, 4.69) is 0 Å². The van der Waals surface area contributed by atoms with Crippen molar-refractivity contribution < 1.29 is 9.59 Å². The molecule has 5 rings (SSSR count). The molecule has 2 saturated heterocycles. The molecule has 1 saturated carbocycles. The van der Waals surface area contributed by atoms with E-state index < -0.39 is 0 Å². The molecule has 3 amide bonds. The van der Waals surface area contributed by atoms with Crippen LogP contribution in [0.5, 0.6) is 0 Å². The van der Waals surface area contributed by atoms with Crippen LogP contribution in [0.15, 0.2) is 42.5 Å². The van der Waals surface area contributed by atoms with E-state index in [4.69, 9.17) is 0 Å². The summed E-state index contributed by atoms with van der Waals surface area (Å²) in [5.74, 6) is 0.333. The van der Waals surface area contributed by atoms with E-state index >= 15 is 0 Å². The Morgan fingerprint density at radius 1 is 0.955 bits per heavy atom. The van der Waals surface area contributed by atoms with Crippen molar-refractivity contribution >= 4 is 28.4 Å². The summed E-state index contributed by atoms with van der Waals surface area (Å²) in [7, 11) is 0. The SMILES string of the molecule is O=C1[C@@H]2C3CCC(C3)N2C(=O)N1c1ccc2ccccc2c1. The van der Waals surface area contributed by atoms with E-state index in [1.54, 1.807) is 0 Å². The van der Waals surface area contributed by atoms with Gasteiger partial charge in [0.05, 0.1) is 5.69 Å². The van der Waals surface area contributed by atoms with Gasteiger partial charge in [-0.3, -0.25) is 4.79 Å². The lowest BCUT2D eigenvalue weighted by atomic mass is 9.99. The number of nitrogens with zero attached hydrogens (tertiary/aromatic N) is 2. The standard InChI is InChI=1S/C18H16N2O2/c21-17-16-13-6-8-14(10-13)19(16)18(22)20(17)15-7-5-11-3-1-2-4-12(11)9-15/h1-5,7,9,13-14,16H,6,8,10H2/t13?,14?,16-/m0/s1. The molecule has 3 atom stereocenters. The maximum atomic E-state index is 12.8. The molecule has 4 heteroatoms.